The molecule has 0 saturated carbocycles. The van der Waals surface area contributed by atoms with Crippen molar-refractivity contribution in [3.05, 3.63) is 60.2 Å². The lowest BCUT2D eigenvalue weighted by atomic mass is 10.0. The number of benzene rings is 2. The van der Waals surface area contributed by atoms with E-state index in [-0.39, 0.29) is 6.10 Å². The van der Waals surface area contributed by atoms with Crippen LogP contribution in [0.5, 0.6) is 0 Å². The van der Waals surface area contributed by atoms with Crippen molar-refractivity contribution in [3.63, 3.8) is 0 Å². The van der Waals surface area contributed by atoms with Crippen molar-refractivity contribution in [2.75, 3.05) is 0 Å². The summed E-state index contributed by atoms with van der Waals surface area (Å²) in [6.07, 6.45) is -0.977. The summed E-state index contributed by atoms with van der Waals surface area (Å²) in [4.78, 5) is 11.2. The lowest BCUT2D eigenvalue weighted by Crippen LogP contribution is -2.11. The minimum absolute atomic E-state index is 0.327. The number of hydrogen-bond acceptors (Lipinski definition) is 3. The highest BCUT2D eigenvalue weighted by molar-refractivity contribution is 5.76. The van der Waals surface area contributed by atoms with Crippen LogP contribution in [0.1, 0.15) is 18.1 Å². The van der Waals surface area contributed by atoms with E-state index >= 15 is 0 Å². The van der Waals surface area contributed by atoms with Crippen LogP contribution in [-0.4, -0.2) is 17.2 Å². The predicted octanol–water partition coefficient (Wildman–Crippen LogP) is 2.70. The van der Waals surface area contributed by atoms with Crippen molar-refractivity contribution in [1.82, 2.24) is 0 Å². The van der Waals surface area contributed by atoms with E-state index in [2.05, 4.69) is 0 Å². The van der Waals surface area contributed by atoms with Crippen LogP contribution >= 0.6 is 0 Å². The number of rotatable bonds is 2. The summed E-state index contributed by atoms with van der Waals surface area (Å²) in [5.74, 6) is -0.530. The smallest absolute Gasteiger partial charge is 0.335 e. The van der Waals surface area contributed by atoms with Crippen molar-refractivity contribution in [3.8, 4) is 11.1 Å². The first-order valence-electron chi connectivity index (χ1n) is 6.28. The Balaban J connectivity index is 1.82. The zero-order valence-electron chi connectivity index (χ0n) is 10.3. The van der Waals surface area contributed by atoms with Gasteiger partial charge >= 0.3 is 5.97 Å². The molecule has 2 aromatic carbocycles. The fraction of sp³-hybridized carbons (Fsp3) is 0.188. The summed E-state index contributed by atoms with van der Waals surface area (Å²) < 4.78 is 5.12. The van der Waals surface area contributed by atoms with Crippen LogP contribution in [-0.2, 0) is 9.53 Å². The highest BCUT2D eigenvalue weighted by Crippen LogP contribution is 2.31. The zero-order chi connectivity index (χ0) is 13.2. The topological polar surface area (TPSA) is 46.5 Å². The van der Waals surface area contributed by atoms with E-state index in [1.807, 2.05) is 54.6 Å². The van der Waals surface area contributed by atoms with Crippen LogP contribution in [0.4, 0.5) is 0 Å². The molecule has 1 saturated heterocycles. The minimum Gasteiger partial charge on any atom is -0.455 e. The summed E-state index contributed by atoms with van der Waals surface area (Å²) in [5, 5.41) is 9.39. The van der Waals surface area contributed by atoms with E-state index in [0.29, 0.717) is 6.42 Å². The number of ether oxygens (including phenoxy) is 1. The van der Waals surface area contributed by atoms with Gasteiger partial charge in [0, 0.05) is 6.42 Å². The van der Waals surface area contributed by atoms with E-state index in [0.717, 1.165) is 16.7 Å². The molecule has 2 atom stereocenters. The van der Waals surface area contributed by atoms with Crippen LogP contribution < -0.4 is 0 Å². The molecule has 1 fully saturated rings. The molecule has 1 aliphatic heterocycles. The Morgan fingerprint density at radius 2 is 1.58 bits per heavy atom. The van der Waals surface area contributed by atoms with E-state index < -0.39 is 12.1 Å². The molecule has 1 N–H and O–H groups in total. The predicted molar refractivity (Wildman–Crippen MR) is 71.3 cm³/mol. The summed E-state index contributed by atoms with van der Waals surface area (Å²) in [6, 6.07) is 18.0. The number of cyclic esters (lactones) is 1. The molecule has 0 aromatic heterocycles. The van der Waals surface area contributed by atoms with E-state index in [9.17, 15) is 9.90 Å². The van der Waals surface area contributed by atoms with Gasteiger partial charge in [-0.25, -0.2) is 4.79 Å². The number of carbonyl (C=O) groups excluding carboxylic acids is 1. The molecule has 19 heavy (non-hydrogen) atoms. The second-order valence-electron chi connectivity index (χ2n) is 4.67. The lowest BCUT2D eigenvalue weighted by molar-refractivity contribution is -0.147. The molecule has 96 valence electrons. The fourth-order valence-corrected chi connectivity index (χ4v) is 2.29. The average molecular weight is 254 g/mol. The molecule has 0 bridgehead atoms. The van der Waals surface area contributed by atoms with Gasteiger partial charge in [0.1, 0.15) is 6.10 Å². The third kappa shape index (κ3) is 2.37. The average Bonchev–Trinajstić information content (AvgIpc) is 2.80. The van der Waals surface area contributed by atoms with Crippen molar-refractivity contribution in [2.45, 2.75) is 18.6 Å². The summed E-state index contributed by atoms with van der Waals surface area (Å²) >= 11 is 0. The molecule has 1 heterocycles. The van der Waals surface area contributed by atoms with Crippen molar-refractivity contribution >= 4 is 5.97 Å². The highest BCUT2D eigenvalue weighted by atomic mass is 16.6. The Kier molecular flexibility index (Phi) is 3.05. The minimum atomic E-state index is -0.987. The maximum atomic E-state index is 11.2. The largest absolute Gasteiger partial charge is 0.455 e. The molecule has 0 amide bonds. The summed E-state index contributed by atoms with van der Waals surface area (Å²) in [7, 11) is 0. The first-order chi connectivity index (χ1) is 9.24. The summed E-state index contributed by atoms with van der Waals surface area (Å²) in [5.41, 5.74) is 3.19. The Labute approximate surface area is 111 Å². The fourth-order valence-electron chi connectivity index (χ4n) is 2.29. The van der Waals surface area contributed by atoms with Gasteiger partial charge in [-0.1, -0.05) is 54.6 Å². The van der Waals surface area contributed by atoms with Crippen LogP contribution in [0.2, 0.25) is 0 Å². The maximum Gasteiger partial charge on any atom is 0.335 e. The first kappa shape index (κ1) is 11.9. The van der Waals surface area contributed by atoms with Crippen LogP contribution in [0.25, 0.3) is 11.1 Å². The van der Waals surface area contributed by atoms with Gasteiger partial charge in [0.05, 0.1) is 0 Å². The number of carbonyl (C=O) groups is 1. The van der Waals surface area contributed by atoms with Gasteiger partial charge in [0.25, 0.3) is 0 Å². The monoisotopic (exact) mass is 254 g/mol. The Bertz CT molecular complexity index is 575. The van der Waals surface area contributed by atoms with E-state index in [1.54, 1.807) is 0 Å². The van der Waals surface area contributed by atoms with Crippen LogP contribution in [0, 0.1) is 0 Å². The molecule has 3 nitrogen and oxygen atoms in total. The number of aliphatic hydroxyl groups is 1. The molecular weight excluding hydrogens is 240 g/mol. The van der Waals surface area contributed by atoms with Gasteiger partial charge in [-0.2, -0.15) is 0 Å². The third-order valence-electron chi connectivity index (χ3n) is 3.36. The van der Waals surface area contributed by atoms with E-state index in [4.69, 9.17) is 4.74 Å². The Hall–Kier alpha value is -2.13. The molecule has 0 aliphatic carbocycles. The molecule has 3 rings (SSSR count). The molecule has 1 aliphatic rings. The SMILES string of the molecule is O=C1O[C@H](c2ccc(-c3ccccc3)cc2)C[C@@H]1O. The number of aliphatic hydroxyl groups excluding tert-OH is 1. The molecular formula is C16H14O3. The quantitative estimate of drug-likeness (QED) is 0.838. The van der Waals surface area contributed by atoms with Gasteiger partial charge < -0.3 is 9.84 Å². The standard InChI is InChI=1S/C16H14O3/c17-14-10-15(19-16(14)18)13-8-6-12(7-9-13)11-4-2-1-3-5-11/h1-9,14-15,17H,10H2/t14-,15-/m0/s1. The number of esters is 1. The molecule has 0 spiro atoms. The van der Waals surface area contributed by atoms with Crippen molar-refractivity contribution in [1.29, 1.82) is 0 Å². The molecule has 3 heteroatoms. The second kappa shape index (κ2) is 4.86. The van der Waals surface area contributed by atoms with Gasteiger partial charge in [-0.15, -0.1) is 0 Å². The molecule has 0 unspecified atom stereocenters. The molecule has 2 aromatic rings. The first-order valence-corrected chi connectivity index (χ1v) is 6.28. The van der Waals surface area contributed by atoms with Gasteiger partial charge in [0.15, 0.2) is 6.10 Å². The van der Waals surface area contributed by atoms with E-state index in [1.165, 1.54) is 0 Å². The third-order valence-corrected chi connectivity index (χ3v) is 3.36. The van der Waals surface area contributed by atoms with Gasteiger partial charge in [0.2, 0.25) is 0 Å². The van der Waals surface area contributed by atoms with Gasteiger partial charge in [-0.3, -0.25) is 0 Å². The zero-order valence-corrected chi connectivity index (χ0v) is 10.3. The van der Waals surface area contributed by atoms with Crippen LogP contribution in [0.3, 0.4) is 0 Å². The number of hydrogen-bond donors (Lipinski definition) is 1. The lowest BCUT2D eigenvalue weighted by Gasteiger charge is -2.10. The normalized spacial score (nSPS) is 22.3. The Morgan fingerprint density at radius 1 is 0.947 bits per heavy atom. The van der Waals surface area contributed by atoms with Crippen molar-refractivity contribution in [2.24, 2.45) is 0 Å². The Morgan fingerprint density at radius 3 is 2.16 bits per heavy atom. The highest BCUT2D eigenvalue weighted by Gasteiger charge is 2.33. The van der Waals surface area contributed by atoms with Gasteiger partial charge in [-0.05, 0) is 16.7 Å². The molecule has 0 radical (unpaired) electrons. The maximum absolute atomic E-state index is 11.2. The summed E-state index contributed by atoms with van der Waals surface area (Å²) in [6.45, 7) is 0. The van der Waals surface area contributed by atoms with Crippen LogP contribution in [0.15, 0.2) is 54.6 Å². The second-order valence-corrected chi connectivity index (χ2v) is 4.67. The van der Waals surface area contributed by atoms with Crippen molar-refractivity contribution < 1.29 is 14.6 Å².